The van der Waals surface area contributed by atoms with Crippen molar-refractivity contribution in [3.63, 3.8) is 0 Å². The fraction of sp³-hybridized carbons (Fsp3) is 0.318. The molecule has 2 aromatic carbocycles. The summed E-state index contributed by atoms with van der Waals surface area (Å²) in [6.45, 7) is 4.57. The largest absolute Gasteiger partial charge is 0.493 e. The minimum absolute atomic E-state index is 0.326. The van der Waals surface area contributed by atoms with E-state index in [0.29, 0.717) is 40.5 Å². The third kappa shape index (κ3) is 5.48. The second-order valence-corrected chi connectivity index (χ2v) is 8.10. The zero-order valence-corrected chi connectivity index (χ0v) is 18.3. The molecule has 0 unspecified atom stereocenters. The van der Waals surface area contributed by atoms with Crippen molar-refractivity contribution in [3.8, 4) is 17.2 Å². The quantitative estimate of drug-likeness (QED) is 0.538. The average Bonchev–Trinajstić information content (AvgIpc) is 3.18. The maximum atomic E-state index is 12.7. The van der Waals surface area contributed by atoms with Crippen LogP contribution in [0.3, 0.4) is 0 Å². The highest BCUT2D eigenvalue weighted by Crippen LogP contribution is 2.39. The SMILES string of the molecule is COc1cc(C(=O)Nc2nnc(CC(C)C)s2)cc(OC)c1OCc1ccccc1. The van der Waals surface area contributed by atoms with Gasteiger partial charge in [0.25, 0.3) is 5.91 Å². The first-order valence-corrected chi connectivity index (χ1v) is 10.4. The van der Waals surface area contributed by atoms with Crippen molar-refractivity contribution in [2.45, 2.75) is 26.9 Å². The van der Waals surface area contributed by atoms with Crippen LogP contribution in [0.2, 0.25) is 0 Å². The van der Waals surface area contributed by atoms with Crippen molar-refractivity contribution >= 4 is 22.4 Å². The number of hydrogen-bond acceptors (Lipinski definition) is 7. The van der Waals surface area contributed by atoms with Crippen molar-refractivity contribution in [1.29, 1.82) is 0 Å². The van der Waals surface area contributed by atoms with Crippen molar-refractivity contribution < 1.29 is 19.0 Å². The molecule has 0 atom stereocenters. The number of hydrogen-bond donors (Lipinski definition) is 1. The van der Waals surface area contributed by atoms with Gasteiger partial charge in [0.1, 0.15) is 11.6 Å². The summed E-state index contributed by atoms with van der Waals surface area (Å²) < 4.78 is 16.8. The van der Waals surface area contributed by atoms with Gasteiger partial charge in [0.15, 0.2) is 11.5 Å². The number of nitrogens with zero attached hydrogens (tertiary/aromatic N) is 2. The van der Waals surface area contributed by atoms with Crippen molar-refractivity contribution in [1.82, 2.24) is 10.2 Å². The zero-order chi connectivity index (χ0) is 21.5. The Labute approximate surface area is 180 Å². The van der Waals surface area contributed by atoms with E-state index in [1.54, 1.807) is 12.1 Å². The summed E-state index contributed by atoms with van der Waals surface area (Å²) in [5.74, 6) is 1.41. The van der Waals surface area contributed by atoms with E-state index in [2.05, 4.69) is 29.4 Å². The Hall–Kier alpha value is -3.13. The first-order chi connectivity index (χ1) is 14.5. The lowest BCUT2D eigenvalue weighted by Crippen LogP contribution is -2.12. The molecule has 0 bridgehead atoms. The number of amides is 1. The molecule has 0 saturated heterocycles. The average molecular weight is 428 g/mol. The van der Waals surface area contributed by atoms with Crippen molar-refractivity contribution in [2.24, 2.45) is 5.92 Å². The molecule has 7 nitrogen and oxygen atoms in total. The summed E-state index contributed by atoms with van der Waals surface area (Å²) in [5.41, 5.74) is 1.38. The molecule has 3 aromatic rings. The molecule has 1 heterocycles. The lowest BCUT2D eigenvalue weighted by molar-refractivity contribution is 0.102. The van der Waals surface area contributed by atoms with Crippen LogP contribution in [-0.2, 0) is 13.0 Å². The fourth-order valence-electron chi connectivity index (χ4n) is 2.79. The van der Waals surface area contributed by atoms with Gasteiger partial charge in [-0.3, -0.25) is 10.1 Å². The van der Waals surface area contributed by atoms with E-state index in [-0.39, 0.29) is 5.91 Å². The Bertz CT molecular complexity index is 964. The smallest absolute Gasteiger partial charge is 0.257 e. The van der Waals surface area contributed by atoms with Gasteiger partial charge >= 0.3 is 0 Å². The number of rotatable bonds is 9. The van der Waals surface area contributed by atoms with Gasteiger partial charge in [-0.1, -0.05) is 55.5 Å². The number of benzene rings is 2. The third-order valence-electron chi connectivity index (χ3n) is 4.22. The molecule has 0 aliphatic carbocycles. The van der Waals surface area contributed by atoms with Crippen LogP contribution in [0.15, 0.2) is 42.5 Å². The fourth-order valence-corrected chi connectivity index (χ4v) is 3.74. The summed E-state index contributed by atoms with van der Waals surface area (Å²) in [4.78, 5) is 12.7. The first kappa shape index (κ1) is 21.6. The van der Waals surface area contributed by atoms with E-state index < -0.39 is 0 Å². The summed E-state index contributed by atoms with van der Waals surface area (Å²) in [6, 6.07) is 13.0. The number of anilines is 1. The van der Waals surface area contributed by atoms with Gasteiger partial charge in [0.2, 0.25) is 10.9 Å². The number of ether oxygens (including phenoxy) is 3. The Kier molecular flexibility index (Phi) is 7.24. The monoisotopic (exact) mass is 427 g/mol. The molecule has 3 rings (SSSR count). The molecule has 0 radical (unpaired) electrons. The van der Waals surface area contributed by atoms with Crippen LogP contribution in [0.4, 0.5) is 5.13 Å². The standard InChI is InChI=1S/C22H25N3O4S/c1-14(2)10-19-24-25-22(30-19)23-21(26)16-11-17(27-3)20(18(12-16)28-4)29-13-15-8-6-5-7-9-15/h5-9,11-12,14H,10,13H2,1-4H3,(H,23,25,26). The van der Waals surface area contributed by atoms with Crippen LogP contribution in [0, 0.1) is 5.92 Å². The van der Waals surface area contributed by atoms with Crippen molar-refractivity contribution in [2.75, 3.05) is 19.5 Å². The van der Waals surface area contributed by atoms with Crippen LogP contribution in [-0.4, -0.2) is 30.3 Å². The van der Waals surface area contributed by atoms with Gasteiger partial charge in [-0.25, -0.2) is 0 Å². The molecule has 8 heteroatoms. The summed E-state index contributed by atoms with van der Waals surface area (Å²) in [5, 5.41) is 12.3. The molecule has 1 amide bonds. The van der Waals surface area contributed by atoms with Gasteiger partial charge < -0.3 is 14.2 Å². The normalized spacial score (nSPS) is 10.7. The molecule has 0 aliphatic rings. The lowest BCUT2D eigenvalue weighted by atomic mass is 10.1. The second-order valence-electron chi connectivity index (χ2n) is 7.04. The maximum absolute atomic E-state index is 12.7. The molecule has 1 N–H and O–H groups in total. The van der Waals surface area contributed by atoms with Crippen LogP contribution in [0.25, 0.3) is 0 Å². The predicted octanol–water partition coefficient (Wildman–Crippen LogP) is 4.59. The predicted molar refractivity (Wildman–Crippen MR) is 117 cm³/mol. The molecule has 1 aromatic heterocycles. The number of carbonyl (C=O) groups is 1. The van der Waals surface area contributed by atoms with E-state index in [0.717, 1.165) is 17.0 Å². The molecule has 0 spiro atoms. The number of carbonyl (C=O) groups excluding carboxylic acids is 1. The Morgan fingerprint density at radius 3 is 2.33 bits per heavy atom. The van der Waals surface area contributed by atoms with E-state index in [4.69, 9.17) is 14.2 Å². The van der Waals surface area contributed by atoms with Crippen LogP contribution < -0.4 is 19.5 Å². The minimum Gasteiger partial charge on any atom is -0.493 e. The van der Waals surface area contributed by atoms with E-state index >= 15 is 0 Å². The number of nitrogens with one attached hydrogen (secondary N) is 1. The molecule has 0 fully saturated rings. The summed E-state index contributed by atoms with van der Waals surface area (Å²) >= 11 is 1.37. The van der Waals surface area contributed by atoms with Gasteiger partial charge in [0.05, 0.1) is 14.2 Å². The molecular weight excluding hydrogens is 402 g/mol. The zero-order valence-electron chi connectivity index (χ0n) is 17.5. The topological polar surface area (TPSA) is 82.6 Å². The maximum Gasteiger partial charge on any atom is 0.257 e. The minimum atomic E-state index is -0.326. The highest BCUT2D eigenvalue weighted by molar-refractivity contribution is 7.15. The van der Waals surface area contributed by atoms with E-state index in [1.807, 2.05) is 30.3 Å². The van der Waals surface area contributed by atoms with Crippen LogP contribution in [0.1, 0.15) is 34.8 Å². The van der Waals surface area contributed by atoms with Crippen LogP contribution in [0.5, 0.6) is 17.2 Å². The van der Waals surface area contributed by atoms with Gasteiger partial charge in [-0.15, -0.1) is 10.2 Å². The molecule has 158 valence electrons. The van der Waals surface area contributed by atoms with E-state index in [9.17, 15) is 4.79 Å². The lowest BCUT2D eigenvalue weighted by Gasteiger charge is -2.16. The van der Waals surface area contributed by atoms with Gasteiger partial charge in [-0.2, -0.15) is 0 Å². The molecule has 30 heavy (non-hydrogen) atoms. The highest BCUT2D eigenvalue weighted by Gasteiger charge is 2.19. The van der Waals surface area contributed by atoms with Gasteiger partial charge in [0, 0.05) is 12.0 Å². The Morgan fingerprint density at radius 2 is 1.73 bits per heavy atom. The summed E-state index contributed by atoms with van der Waals surface area (Å²) in [6.07, 6.45) is 0.822. The van der Waals surface area contributed by atoms with Crippen molar-refractivity contribution in [3.05, 3.63) is 58.6 Å². The molecule has 0 saturated carbocycles. The molecule has 0 aliphatic heterocycles. The van der Waals surface area contributed by atoms with Gasteiger partial charge in [-0.05, 0) is 23.6 Å². The Balaban J connectivity index is 1.78. The highest BCUT2D eigenvalue weighted by atomic mass is 32.1. The second kappa shape index (κ2) is 10.1. The third-order valence-corrected chi connectivity index (χ3v) is 5.08. The number of aromatic nitrogens is 2. The van der Waals surface area contributed by atoms with E-state index in [1.165, 1.54) is 25.6 Å². The first-order valence-electron chi connectivity index (χ1n) is 9.56. The molecular formula is C22H25N3O4S. The summed E-state index contributed by atoms with van der Waals surface area (Å²) in [7, 11) is 3.05. The Morgan fingerprint density at radius 1 is 1.07 bits per heavy atom. The van der Waals surface area contributed by atoms with Crippen LogP contribution >= 0.6 is 11.3 Å². The number of methoxy groups -OCH3 is 2.